The Bertz CT molecular complexity index is 451. The van der Waals surface area contributed by atoms with E-state index in [1.807, 2.05) is 36.4 Å². The maximum Gasteiger partial charge on any atom is 0.220 e. The topological polar surface area (TPSA) is 54.9 Å². The third kappa shape index (κ3) is 7.76. The van der Waals surface area contributed by atoms with Crippen molar-refractivity contribution in [2.75, 3.05) is 6.54 Å². The van der Waals surface area contributed by atoms with Crippen molar-refractivity contribution in [3.63, 3.8) is 0 Å². The van der Waals surface area contributed by atoms with Crippen molar-refractivity contribution in [2.24, 2.45) is 0 Å². The van der Waals surface area contributed by atoms with E-state index >= 15 is 0 Å². The van der Waals surface area contributed by atoms with Gasteiger partial charge in [-0.2, -0.15) is 0 Å². The molecular formula is C16H19N3O. The molecule has 4 heteroatoms. The summed E-state index contributed by atoms with van der Waals surface area (Å²) in [5.74, 6) is 0.204. The van der Waals surface area contributed by atoms with Crippen LogP contribution in [0.2, 0.25) is 0 Å². The Hall–Kier alpha value is -2.49. The van der Waals surface area contributed by atoms with Gasteiger partial charge in [-0.3, -0.25) is 14.8 Å². The van der Waals surface area contributed by atoms with Crippen LogP contribution in [-0.4, -0.2) is 22.4 Å². The van der Waals surface area contributed by atoms with Crippen LogP contribution >= 0.6 is 0 Å². The Balaban J connectivity index is 0.000000152. The number of carbonyl (C=O) groups excluding carboxylic acids is 1. The lowest BCUT2D eigenvalue weighted by atomic mass is 10.4. The Morgan fingerprint density at radius 1 is 1.10 bits per heavy atom. The molecule has 0 aromatic carbocycles. The van der Waals surface area contributed by atoms with Gasteiger partial charge in [-0.15, -0.1) is 0 Å². The van der Waals surface area contributed by atoms with E-state index in [4.69, 9.17) is 0 Å². The van der Waals surface area contributed by atoms with Gasteiger partial charge in [-0.25, -0.2) is 0 Å². The lowest BCUT2D eigenvalue weighted by Crippen LogP contribution is -2.12. The number of nitrogens with zero attached hydrogens (tertiary/aromatic N) is 2. The first kappa shape index (κ1) is 15.6. The molecule has 0 atom stereocenters. The minimum atomic E-state index is 0.204. The van der Waals surface area contributed by atoms with E-state index in [0.29, 0.717) is 0 Å². The number of carbonyl (C=O) groups is 1. The highest BCUT2D eigenvalue weighted by atomic mass is 16.1. The van der Waals surface area contributed by atoms with Crippen molar-refractivity contribution in [3.05, 3.63) is 67.3 Å². The molecule has 3 heterocycles. The van der Waals surface area contributed by atoms with E-state index in [-0.39, 0.29) is 5.91 Å². The molecule has 1 saturated heterocycles. The van der Waals surface area contributed by atoms with Crippen molar-refractivity contribution < 1.29 is 4.79 Å². The van der Waals surface area contributed by atoms with Gasteiger partial charge in [0, 0.05) is 31.6 Å². The Morgan fingerprint density at radius 2 is 1.85 bits per heavy atom. The van der Waals surface area contributed by atoms with Crippen LogP contribution in [0.5, 0.6) is 0 Å². The van der Waals surface area contributed by atoms with Gasteiger partial charge in [0.15, 0.2) is 0 Å². The first-order chi connectivity index (χ1) is 9.83. The number of amides is 1. The number of aromatic nitrogens is 2. The van der Waals surface area contributed by atoms with E-state index in [1.165, 1.54) is 0 Å². The summed E-state index contributed by atoms with van der Waals surface area (Å²) in [5.41, 5.74) is 0.924. The number of pyridine rings is 2. The van der Waals surface area contributed by atoms with Gasteiger partial charge < -0.3 is 5.32 Å². The molecule has 0 saturated carbocycles. The van der Waals surface area contributed by atoms with Crippen LogP contribution in [0.3, 0.4) is 0 Å². The van der Waals surface area contributed by atoms with Gasteiger partial charge in [0.1, 0.15) is 0 Å². The van der Waals surface area contributed by atoms with Gasteiger partial charge in [-0.05, 0) is 36.8 Å². The van der Waals surface area contributed by atoms with Crippen LogP contribution in [0.15, 0.2) is 61.6 Å². The van der Waals surface area contributed by atoms with Gasteiger partial charge in [0.25, 0.3) is 0 Å². The molecule has 1 aliphatic rings. The largest absolute Gasteiger partial charge is 0.356 e. The summed E-state index contributed by atoms with van der Waals surface area (Å²) >= 11 is 0. The summed E-state index contributed by atoms with van der Waals surface area (Å²) in [5, 5.41) is 2.68. The van der Waals surface area contributed by atoms with Crippen molar-refractivity contribution in [2.45, 2.75) is 12.8 Å². The molecule has 4 nitrogen and oxygen atoms in total. The molecule has 1 fully saturated rings. The number of rotatable bonds is 1. The molecule has 1 aliphatic heterocycles. The molecule has 1 amide bonds. The lowest BCUT2D eigenvalue weighted by Gasteiger charge is -1.84. The normalized spacial score (nSPS) is 12.1. The van der Waals surface area contributed by atoms with Crippen molar-refractivity contribution in [3.8, 4) is 0 Å². The van der Waals surface area contributed by atoms with E-state index < -0.39 is 0 Å². The van der Waals surface area contributed by atoms with Gasteiger partial charge >= 0.3 is 0 Å². The smallest absolute Gasteiger partial charge is 0.220 e. The minimum absolute atomic E-state index is 0.204. The van der Waals surface area contributed by atoms with Crippen molar-refractivity contribution in [1.29, 1.82) is 0 Å². The fraction of sp³-hybridized carbons (Fsp3) is 0.188. The third-order valence-corrected chi connectivity index (χ3v) is 2.37. The fourth-order valence-electron chi connectivity index (χ4n) is 1.37. The summed E-state index contributed by atoms with van der Waals surface area (Å²) in [6.07, 6.45) is 8.73. The molecule has 2 aromatic heterocycles. The minimum Gasteiger partial charge on any atom is -0.356 e. The van der Waals surface area contributed by atoms with Crippen LogP contribution < -0.4 is 5.32 Å². The van der Waals surface area contributed by atoms with E-state index in [0.717, 1.165) is 25.1 Å². The highest BCUT2D eigenvalue weighted by Crippen LogP contribution is 1.93. The highest BCUT2D eigenvalue weighted by molar-refractivity contribution is 5.77. The number of nitrogens with one attached hydrogen (secondary N) is 1. The van der Waals surface area contributed by atoms with Crippen LogP contribution in [0.25, 0.3) is 6.08 Å². The maximum atomic E-state index is 10.1. The van der Waals surface area contributed by atoms with Crippen LogP contribution in [0.1, 0.15) is 18.5 Å². The zero-order chi connectivity index (χ0) is 14.5. The van der Waals surface area contributed by atoms with Crippen molar-refractivity contribution >= 4 is 12.0 Å². The van der Waals surface area contributed by atoms with E-state index in [2.05, 4.69) is 21.9 Å². The van der Waals surface area contributed by atoms with E-state index in [1.54, 1.807) is 24.7 Å². The summed E-state index contributed by atoms with van der Waals surface area (Å²) in [7, 11) is 0. The van der Waals surface area contributed by atoms with Crippen LogP contribution in [-0.2, 0) is 4.79 Å². The second-order valence-electron chi connectivity index (χ2n) is 3.94. The average molecular weight is 269 g/mol. The van der Waals surface area contributed by atoms with Gasteiger partial charge in [0.2, 0.25) is 5.91 Å². The van der Waals surface area contributed by atoms with Crippen LogP contribution in [0, 0.1) is 0 Å². The van der Waals surface area contributed by atoms with Crippen LogP contribution in [0.4, 0.5) is 0 Å². The second-order valence-corrected chi connectivity index (χ2v) is 3.94. The zero-order valence-electron chi connectivity index (χ0n) is 11.4. The fourth-order valence-corrected chi connectivity index (χ4v) is 1.37. The second kappa shape index (κ2) is 10.4. The Morgan fingerprint density at radius 3 is 2.10 bits per heavy atom. The molecule has 0 radical (unpaired) electrons. The maximum absolute atomic E-state index is 10.1. The Kier molecular flexibility index (Phi) is 8.12. The number of hydrogen-bond donors (Lipinski definition) is 1. The average Bonchev–Trinajstić information content (AvgIpc) is 3.02. The first-order valence-electron chi connectivity index (χ1n) is 6.48. The molecule has 0 spiro atoms. The molecular weight excluding hydrogens is 250 g/mol. The molecule has 0 aliphatic carbocycles. The SMILES string of the molecule is C=Cc1ccccn1.O=C1CCCN1.c1ccncc1. The highest BCUT2D eigenvalue weighted by Gasteiger charge is 2.05. The molecule has 2 aromatic rings. The number of hydrogen-bond acceptors (Lipinski definition) is 3. The standard InChI is InChI=1S/C7H7N.C5H5N.C4H7NO/c1-2-7-5-3-4-6-8-7;1-2-4-6-5-3-1;6-4-2-1-3-5-4/h2-6H,1H2;1-5H;1-3H2,(H,5,6). The molecule has 0 bridgehead atoms. The lowest BCUT2D eigenvalue weighted by molar-refractivity contribution is -0.119. The molecule has 1 N–H and O–H groups in total. The predicted molar refractivity (Wildman–Crippen MR) is 80.8 cm³/mol. The molecule has 3 rings (SSSR count). The predicted octanol–water partition coefficient (Wildman–Crippen LogP) is 2.70. The molecule has 0 unspecified atom stereocenters. The molecule has 104 valence electrons. The van der Waals surface area contributed by atoms with Gasteiger partial charge in [-0.1, -0.05) is 18.7 Å². The van der Waals surface area contributed by atoms with E-state index in [9.17, 15) is 4.79 Å². The summed E-state index contributed by atoms with van der Waals surface area (Å²) in [4.78, 5) is 17.9. The zero-order valence-corrected chi connectivity index (χ0v) is 11.4. The molecule has 20 heavy (non-hydrogen) atoms. The third-order valence-electron chi connectivity index (χ3n) is 2.37. The summed E-state index contributed by atoms with van der Waals surface area (Å²) < 4.78 is 0. The van der Waals surface area contributed by atoms with Gasteiger partial charge in [0.05, 0.1) is 5.69 Å². The monoisotopic (exact) mass is 269 g/mol. The van der Waals surface area contributed by atoms with Crippen molar-refractivity contribution in [1.82, 2.24) is 15.3 Å². The Labute approximate surface area is 119 Å². The first-order valence-corrected chi connectivity index (χ1v) is 6.48. The summed E-state index contributed by atoms with van der Waals surface area (Å²) in [6, 6.07) is 11.4. The summed E-state index contributed by atoms with van der Waals surface area (Å²) in [6.45, 7) is 4.46. The quantitative estimate of drug-likeness (QED) is 0.866.